The van der Waals surface area contributed by atoms with Gasteiger partial charge in [-0.1, -0.05) is 19.1 Å². The predicted molar refractivity (Wildman–Crippen MR) is 73.8 cm³/mol. The molecular weight excluding hydrogens is 224 g/mol. The molecule has 0 spiro atoms. The van der Waals surface area contributed by atoms with Crippen molar-refractivity contribution in [2.75, 3.05) is 24.5 Å². The molecule has 2 heterocycles. The molecule has 1 aromatic carbocycles. The van der Waals surface area contributed by atoms with E-state index in [1.165, 1.54) is 0 Å². The van der Waals surface area contributed by atoms with E-state index in [2.05, 4.69) is 39.2 Å². The van der Waals surface area contributed by atoms with E-state index < -0.39 is 0 Å². The van der Waals surface area contributed by atoms with Crippen molar-refractivity contribution in [2.45, 2.75) is 19.4 Å². The van der Waals surface area contributed by atoms with Gasteiger partial charge in [-0.2, -0.15) is 0 Å². The molecule has 1 fully saturated rings. The van der Waals surface area contributed by atoms with E-state index in [1.807, 2.05) is 12.1 Å². The van der Waals surface area contributed by atoms with Gasteiger partial charge >= 0.3 is 0 Å². The first-order valence-electron chi connectivity index (χ1n) is 6.57. The lowest BCUT2D eigenvalue weighted by Crippen LogP contribution is -2.51. The molecule has 1 aliphatic rings. The molecule has 94 valence electrons. The molecule has 0 radical (unpaired) electrons. The number of nitrogens with one attached hydrogen (secondary N) is 1. The van der Waals surface area contributed by atoms with Crippen LogP contribution in [0.1, 0.15) is 13.3 Å². The summed E-state index contributed by atoms with van der Waals surface area (Å²) in [6, 6.07) is 8.76. The van der Waals surface area contributed by atoms with Gasteiger partial charge in [0.25, 0.3) is 0 Å². The normalized spacial score (nSPS) is 20.3. The molecule has 0 bridgehead atoms. The minimum Gasteiger partial charge on any atom is -0.350 e. The number of fused-ring (bicyclic) bond motifs is 1. The zero-order valence-corrected chi connectivity index (χ0v) is 10.6. The molecule has 1 aliphatic heterocycles. The Morgan fingerprint density at radius 2 is 2.22 bits per heavy atom. The second-order valence-corrected chi connectivity index (χ2v) is 4.67. The Morgan fingerprint density at radius 3 is 3.11 bits per heavy atom. The Bertz CT molecular complexity index is 535. The zero-order chi connectivity index (χ0) is 12.4. The lowest BCUT2D eigenvalue weighted by atomic mass is 10.1. The quantitative estimate of drug-likeness (QED) is 0.872. The summed E-state index contributed by atoms with van der Waals surface area (Å²) >= 11 is 0. The summed E-state index contributed by atoms with van der Waals surface area (Å²) in [7, 11) is 0. The second kappa shape index (κ2) is 4.90. The van der Waals surface area contributed by atoms with Gasteiger partial charge in [-0.3, -0.25) is 0 Å². The van der Waals surface area contributed by atoms with Gasteiger partial charge in [-0.05, 0) is 18.6 Å². The van der Waals surface area contributed by atoms with Crippen molar-refractivity contribution in [2.24, 2.45) is 0 Å². The molecule has 4 nitrogen and oxygen atoms in total. The van der Waals surface area contributed by atoms with E-state index in [4.69, 9.17) is 0 Å². The van der Waals surface area contributed by atoms with Crippen LogP contribution in [-0.2, 0) is 0 Å². The number of benzene rings is 1. The van der Waals surface area contributed by atoms with Crippen LogP contribution in [-0.4, -0.2) is 35.6 Å². The van der Waals surface area contributed by atoms with Gasteiger partial charge in [0, 0.05) is 31.1 Å². The number of aromatic nitrogens is 2. The molecule has 1 unspecified atom stereocenters. The number of para-hydroxylation sites is 1. The highest BCUT2D eigenvalue weighted by molar-refractivity contribution is 5.89. The number of hydrogen-bond donors (Lipinski definition) is 1. The van der Waals surface area contributed by atoms with Gasteiger partial charge in [0.15, 0.2) is 0 Å². The fraction of sp³-hybridized carbons (Fsp3) is 0.429. The lowest BCUT2D eigenvalue weighted by molar-refractivity contribution is 0.464. The molecule has 4 heteroatoms. The molecule has 1 N–H and O–H groups in total. The number of piperazine rings is 1. The molecule has 0 saturated carbocycles. The Kier molecular flexibility index (Phi) is 3.11. The smallest absolute Gasteiger partial charge is 0.140 e. The third-order valence-electron chi connectivity index (χ3n) is 3.62. The number of anilines is 1. The zero-order valence-electron chi connectivity index (χ0n) is 10.6. The van der Waals surface area contributed by atoms with E-state index in [0.717, 1.165) is 42.8 Å². The molecule has 2 aromatic rings. The average Bonchev–Trinajstić information content (AvgIpc) is 2.46. The van der Waals surface area contributed by atoms with E-state index in [9.17, 15) is 0 Å². The van der Waals surface area contributed by atoms with Crippen LogP contribution in [0.4, 0.5) is 5.82 Å². The molecular formula is C14H18N4. The largest absolute Gasteiger partial charge is 0.350 e. The third kappa shape index (κ3) is 1.93. The molecule has 1 saturated heterocycles. The predicted octanol–water partition coefficient (Wildman–Crippen LogP) is 1.82. The van der Waals surface area contributed by atoms with Crippen LogP contribution in [0.15, 0.2) is 30.6 Å². The monoisotopic (exact) mass is 242 g/mol. The summed E-state index contributed by atoms with van der Waals surface area (Å²) in [5, 5.41) is 4.60. The average molecular weight is 242 g/mol. The first-order chi connectivity index (χ1) is 8.90. The Hall–Kier alpha value is -1.68. The summed E-state index contributed by atoms with van der Waals surface area (Å²) in [5.74, 6) is 1.08. The van der Waals surface area contributed by atoms with Gasteiger partial charge in [-0.15, -0.1) is 0 Å². The molecule has 18 heavy (non-hydrogen) atoms. The van der Waals surface area contributed by atoms with Crippen molar-refractivity contribution in [1.82, 2.24) is 15.3 Å². The maximum absolute atomic E-state index is 4.52. The highest BCUT2D eigenvalue weighted by Gasteiger charge is 2.23. The van der Waals surface area contributed by atoms with Crippen LogP contribution in [0.3, 0.4) is 0 Å². The van der Waals surface area contributed by atoms with E-state index in [0.29, 0.717) is 6.04 Å². The van der Waals surface area contributed by atoms with Crippen LogP contribution >= 0.6 is 0 Å². The first kappa shape index (κ1) is 11.4. The fourth-order valence-corrected chi connectivity index (χ4v) is 2.62. The first-order valence-corrected chi connectivity index (χ1v) is 6.57. The van der Waals surface area contributed by atoms with E-state index in [1.54, 1.807) is 6.33 Å². The highest BCUT2D eigenvalue weighted by Crippen LogP contribution is 2.25. The molecule has 0 aliphatic carbocycles. The molecule has 0 amide bonds. The summed E-state index contributed by atoms with van der Waals surface area (Å²) < 4.78 is 0. The van der Waals surface area contributed by atoms with Gasteiger partial charge in [0.2, 0.25) is 0 Å². The van der Waals surface area contributed by atoms with Crippen LogP contribution in [0.5, 0.6) is 0 Å². The Labute approximate surface area is 107 Å². The highest BCUT2D eigenvalue weighted by atomic mass is 15.3. The Balaban J connectivity index is 2.07. The number of nitrogens with zero attached hydrogens (tertiary/aromatic N) is 3. The topological polar surface area (TPSA) is 41.0 Å². The van der Waals surface area contributed by atoms with Gasteiger partial charge in [-0.25, -0.2) is 9.97 Å². The van der Waals surface area contributed by atoms with Crippen molar-refractivity contribution < 1.29 is 0 Å². The number of hydrogen-bond acceptors (Lipinski definition) is 4. The summed E-state index contributed by atoms with van der Waals surface area (Å²) in [6.45, 7) is 5.30. The number of rotatable bonds is 2. The van der Waals surface area contributed by atoms with E-state index in [-0.39, 0.29) is 0 Å². The molecule has 1 aromatic heterocycles. The lowest BCUT2D eigenvalue weighted by Gasteiger charge is -2.37. The van der Waals surface area contributed by atoms with Crippen molar-refractivity contribution in [3.8, 4) is 0 Å². The third-order valence-corrected chi connectivity index (χ3v) is 3.62. The summed E-state index contributed by atoms with van der Waals surface area (Å²) in [5.41, 5.74) is 1.02. The maximum Gasteiger partial charge on any atom is 0.140 e. The van der Waals surface area contributed by atoms with Crippen LogP contribution in [0.25, 0.3) is 10.9 Å². The second-order valence-electron chi connectivity index (χ2n) is 4.67. The van der Waals surface area contributed by atoms with Gasteiger partial charge in [0.1, 0.15) is 12.1 Å². The molecule has 1 atom stereocenters. The van der Waals surface area contributed by atoms with Crippen molar-refractivity contribution in [1.29, 1.82) is 0 Å². The van der Waals surface area contributed by atoms with Crippen LogP contribution in [0, 0.1) is 0 Å². The van der Waals surface area contributed by atoms with Crippen molar-refractivity contribution >= 4 is 16.7 Å². The maximum atomic E-state index is 4.52. The van der Waals surface area contributed by atoms with Gasteiger partial charge in [0.05, 0.1) is 5.52 Å². The fourth-order valence-electron chi connectivity index (χ4n) is 2.62. The SMILES string of the molecule is CCC1CNCCN1c1ncnc2ccccc12. The Morgan fingerprint density at radius 1 is 1.33 bits per heavy atom. The summed E-state index contributed by atoms with van der Waals surface area (Å²) in [6.07, 6.45) is 2.80. The minimum atomic E-state index is 0.525. The van der Waals surface area contributed by atoms with Crippen molar-refractivity contribution in [3.05, 3.63) is 30.6 Å². The minimum absolute atomic E-state index is 0.525. The van der Waals surface area contributed by atoms with Gasteiger partial charge < -0.3 is 10.2 Å². The van der Waals surface area contributed by atoms with E-state index >= 15 is 0 Å². The molecule has 3 rings (SSSR count). The van der Waals surface area contributed by atoms with Crippen LogP contribution < -0.4 is 10.2 Å². The standard InChI is InChI=1S/C14H18N4/c1-2-11-9-15-7-8-18(11)14-12-5-3-4-6-13(12)16-10-17-14/h3-6,10-11,15H,2,7-9H2,1H3. The summed E-state index contributed by atoms with van der Waals surface area (Å²) in [4.78, 5) is 11.3. The van der Waals surface area contributed by atoms with Crippen molar-refractivity contribution in [3.63, 3.8) is 0 Å². The van der Waals surface area contributed by atoms with Crippen LogP contribution in [0.2, 0.25) is 0 Å².